The molecule has 1 rings (SSSR count). The molecule has 0 aromatic heterocycles. The molecule has 0 saturated heterocycles. The zero-order valence-electron chi connectivity index (χ0n) is 14.3. The first-order valence-corrected chi connectivity index (χ1v) is 9.47. The van der Waals surface area contributed by atoms with Crippen molar-refractivity contribution in [3.8, 4) is 0 Å². The fourth-order valence-corrected chi connectivity index (χ4v) is 5.19. The van der Waals surface area contributed by atoms with Gasteiger partial charge in [0.2, 0.25) is 5.34 Å². The van der Waals surface area contributed by atoms with Gasteiger partial charge in [0.25, 0.3) is 0 Å². The Hall–Kier alpha value is 0.0700. The minimum Gasteiger partial charge on any atom is -0.373 e. The molecular weight excluding hydrogens is 289 g/mol. The molecular formula is C15H33NO4P+. The summed E-state index contributed by atoms with van der Waals surface area (Å²) < 4.78 is 12.5. The van der Waals surface area contributed by atoms with Crippen LogP contribution in [-0.2, 0) is 4.57 Å². The molecule has 0 aliphatic heterocycles. The summed E-state index contributed by atoms with van der Waals surface area (Å²) in [7, 11) is 0.959. The van der Waals surface area contributed by atoms with Crippen LogP contribution in [-0.4, -0.2) is 52.4 Å². The standard InChI is InChI=1S/C15H32NO4P/c1-11(2)13-8-7-12(3)9-14(13)15(17,21(18,19)20)10-16(4,5)6/h11-14,17H,7-10H2,1-6H3,(H-,18,19,20)/p+1. The molecule has 0 amide bonds. The Balaban J connectivity index is 3.24. The fraction of sp³-hybridized carbons (Fsp3) is 1.00. The summed E-state index contributed by atoms with van der Waals surface area (Å²) >= 11 is 0. The van der Waals surface area contributed by atoms with Gasteiger partial charge in [0.15, 0.2) is 0 Å². The number of hydrogen-bond acceptors (Lipinski definition) is 2. The van der Waals surface area contributed by atoms with Gasteiger partial charge in [0, 0.05) is 5.92 Å². The molecule has 4 unspecified atom stereocenters. The summed E-state index contributed by atoms with van der Waals surface area (Å²) in [6.07, 6.45) is 2.69. The molecule has 5 nitrogen and oxygen atoms in total. The lowest BCUT2D eigenvalue weighted by Gasteiger charge is -2.47. The van der Waals surface area contributed by atoms with Crippen LogP contribution in [0, 0.1) is 23.7 Å². The van der Waals surface area contributed by atoms with Crippen molar-refractivity contribution >= 4 is 7.60 Å². The van der Waals surface area contributed by atoms with Crippen molar-refractivity contribution in [1.29, 1.82) is 0 Å². The van der Waals surface area contributed by atoms with E-state index in [4.69, 9.17) is 0 Å². The Morgan fingerprint density at radius 2 is 1.76 bits per heavy atom. The van der Waals surface area contributed by atoms with Gasteiger partial charge in [-0.1, -0.05) is 27.2 Å². The highest BCUT2D eigenvalue weighted by Crippen LogP contribution is 2.59. The zero-order valence-corrected chi connectivity index (χ0v) is 15.2. The maximum absolute atomic E-state index is 12.1. The van der Waals surface area contributed by atoms with E-state index in [-0.39, 0.29) is 18.4 Å². The molecule has 0 bridgehead atoms. The van der Waals surface area contributed by atoms with E-state index in [9.17, 15) is 19.5 Å². The number of likely N-dealkylation sites (N-methyl/N-ethyl adjacent to an activating group) is 1. The molecule has 0 radical (unpaired) electrons. The van der Waals surface area contributed by atoms with E-state index in [1.165, 1.54) is 0 Å². The van der Waals surface area contributed by atoms with Crippen LogP contribution < -0.4 is 0 Å². The van der Waals surface area contributed by atoms with Gasteiger partial charge < -0.3 is 19.4 Å². The summed E-state index contributed by atoms with van der Waals surface area (Å²) in [5.74, 6) is 0.522. The second kappa shape index (κ2) is 6.29. The molecule has 21 heavy (non-hydrogen) atoms. The number of nitrogens with zero attached hydrogens (tertiary/aromatic N) is 1. The summed E-state index contributed by atoms with van der Waals surface area (Å²) in [5, 5.41) is 9.13. The van der Waals surface area contributed by atoms with Crippen LogP contribution in [0.5, 0.6) is 0 Å². The maximum Gasteiger partial charge on any atom is 0.363 e. The van der Waals surface area contributed by atoms with Crippen molar-refractivity contribution in [3.05, 3.63) is 0 Å². The van der Waals surface area contributed by atoms with E-state index in [1.54, 1.807) is 0 Å². The third-order valence-corrected chi connectivity index (χ3v) is 6.31. The largest absolute Gasteiger partial charge is 0.373 e. The van der Waals surface area contributed by atoms with Gasteiger partial charge in [-0.05, 0) is 30.6 Å². The summed E-state index contributed by atoms with van der Waals surface area (Å²) in [6.45, 7) is 6.34. The molecule has 126 valence electrons. The zero-order chi connectivity index (χ0) is 16.6. The van der Waals surface area contributed by atoms with Crippen LogP contribution in [0.25, 0.3) is 0 Å². The van der Waals surface area contributed by atoms with Gasteiger partial charge in [-0.15, -0.1) is 0 Å². The third-order valence-electron chi connectivity index (χ3n) is 4.83. The Labute approximate surface area is 129 Å². The van der Waals surface area contributed by atoms with Crippen LogP contribution in [0.15, 0.2) is 0 Å². The summed E-state index contributed by atoms with van der Waals surface area (Å²) in [5.41, 5.74) is 0. The fourth-order valence-electron chi connectivity index (χ4n) is 3.86. The molecule has 0 aromatic carbocycles. The van der Waals surface area contributed by atoms with Crippen LogP contribution >= 0.6 is 7.60 Å². The third kappa shape index (κ3) is 4.52. The Morgan fingerprint density at radius 3 is 2.14 bits per heavy atom. The lowest BCUT2D eigenvalue weighted by molar-refractivity contribution is -0.876. The van der Waals surface area contributed by atoms with E-state index in [1.807, 2.05) is 21.1 Å². The van der Waals surface area contributed by atoms with Gasteiger partial charge in [0.1, 0.15) is 6.54 Å². The van der Waals surface area contributed by atoms with Crippen molar-refractivity contribution in [1.82, 2.24) is 0 Å². The number of quaternary nitrogens is 1. The quantitative estimate of drug-likeness (QED) is 0.536. The van der Waals surface area contributed by atoms with Crippen molar-refractivity contribution in [2.75, 3.05) is 27.7 Å². The first kappa shape index (κ1) is 19.1. The summed E-state index contributed by atoms with van der Waals surface area (Å²) in [4.78, 5) is 19.8. The predicted octanol–water partition coefficient (Wildman–Crippen LogP) is 2.27. The molecule has 6 heteroatoms. The van der Waals surface area contributed by atoms with Gasteiger partial charge in [0.05, 0.1) is 21.1 Å². The van der Waals surface area contributed by atoms with E-state index in [2.05, 4.69) is 20.8 Å². The van der Waals surface area contributed by atoms with E-state index >= 15 is 0 Å². The van der Waals surface area contributed by atoms with E-state index in [0.29, 0.717) is 22.7 Å². The Morgan fingerprint density at radius 1 is 1.24 bits per heavy atom. The molecule has 1 fully saturated rings. The summed E-state index contributed by atoms with van der Waals surface area (Å²) in [6, 6.07) is 0. The number of hydrogen-bond donors (Lipinski definition) is 3. The van der Waals surface area contributed by atoms with E-state index in [0.717, 1.165) is 12.8 Å². The van der Waals surface area contributed by atoms with Crippen molar-refractivity contribution in [2.24, 2.45) is 23.7 Å². The predicted molar refractivity (Wildman–Crippen MR) is 84.7 cm³/mol. The van der Waals surface area contributed by atoms with Crippen molar-refractivity contribution < 1.29 is 23.9 Å². The minimum absolute atomic E-state index is 0.0673. The van der Waals surface area contributed by atoms with Crippen LogP contribution in [0.4, 0.5) is 0 Å². The lowest BCUT2D eigenvalue weighted by Crippen LogP contribution is -2.56. The molecule has 0 aromatic rings. The molecule has 3 N–H and O–H groups in total. The number of aliphatic hydroxyl groups is 1. The second-order valence-electron chi connectivity index (χ2n) is 8.30. The smallest absolute Gasteiger partial charge is 0.363 e. The first-order chi connectivity index (χ1) is 9.28. The normalized spacial score (nSPS) is 31.2. The van der Waals surface area contributed by atoms with Crippen LogP contribution in [0.1, 0.15) is 40.0 Å². The second-order valence-corrected chi connectivity index (χ2v) is 10.2. The molecule has 4 atom stereocenters. The van der Waals surface area contributed by atoms with Crippen molar-refractivity contribution in [2.45, 2.75) is 45.4 Å². The molecule has 1 saturated carbocycles. The Bertz CT molecular complexity index is 401. The monoisotopic (exact) mass is 322 g/mol. The minimum atomic E-state index is -4.62. The highest BCUT2D eigenvalue weighted by molar-refractivity contribution is 7.53. The van der Waals surface area contributed by atoms with Gasteiger partial charge in [-0.3, -0.25) is 4.57 Å². The SMILES string of the molecule is CC1CCC(C(C)C)C(C(O)(C[N+](C)(C)C)P(=O)(O)O)C1. The molecule has 0 heterocycles. The first-order valence-electron chi connectivity index (χ1n) is 7.86. The van der Waals surface area contributed by atoms with Gasteiger partial charge in [-0.25, -0.2) is 0 Å². The van der Waals surface area contributed by atoms with Gasteiger partial charge in [-0.2, -0.15) is 0 Å². The lowest BCUT2D eigenvalue weighted by atomic mass is 9.67. The average molecular weight is 322 g/mol. The van der Waals surface area contributed by atoms with Crippen LogP contribution in [0.3, 0.4) is 0 Å². The number of rotatable bonds is 5. The Kier molecular flexibility index (Phi) is 5.72. The molecule has 1 aliphatic rings. The average Bonchev–Trinajstić information content (AvgIpc) is 2.24. The van der Waals surface area contributed by atoms with Crippen molar-refractivity contribution in [3.63, 3.8) is 0 Å². The van der Waals surface area contributed by atoms with Gasteiger partial charge >= 0.3 is 7.60 Å². The maximum atomic E-state index is 12.1. The molecule has 0 spiro atoms. The molecule has 1 aliphatic carbocycles. The topological polar surface area (TPSA) is 77.8 Å². The highest BCUT2D eigenvalue weighted by Gasteiger charge is 2.58. The van der Waals surface area contributed by atoms with Crippen LogP contribution in [0.2, 0.25) is 0 Å². The van der Waals surface area contributed by atoms with E-state index < -0.39 is 12.9 Å². The highest BCUT2D eigenvalue weighted by atomic mass is 31.2.